The Morgan fingerprint density at radius 2 is 1.92 bits per heavy atom. The van der Waals surface area contributed by atoms with Crippen molar-refractivity contribution >= 4 is 19.0 Å². The second-order valence-electron chi connectivity index (χ2n) is 2.61. The summed E-state index contributed by atoms with van der Waals surface area (Å²) in [5.41, 5.74) is 0. The molecule has 0 rings (SSSR count). The van der Waals surface area contributed by atoms with Crippen molar-refractivity contribution in [3.8, 4) is 0 Å². The van der Waals surface area contributed by atoms with Crippen LogP contribution in [-0.4, -0.2) is 17.3 Å². The van der Waals surface area contributed by atoms with Crippen molar-refractivity contribution in [1.82, 2.24) is 0 Å². The van der Waals surface area contributed by atoms with Crippen molar-refractivity contribution in [1.29, 1.82) is 0 Å². The molecule has 0 aromatic rings. The van der Waals surface area contributed by atoms with Crippen molar-refractivity contribution in [2.75, 3.05) is 12.4 Å². The lowest BCUT2D eigenvalue weighted by Gasteiger charge is -2.08. The van der Waals surface area contributed by atoms with Crippen molar-refractivity contribution in [3.05, 3.63) is 0 Å². The van der Waals surface area contributed by atoms with Crippen LogP contribution in [0.15, 0.2) is 0 Å². The molecule has 0 saturated heterocycles. The lowest BCUT2D eigenvalue weighted by molar-refractivity contribution is 0.314. The predicted octanol–water partition coefficient (Wildman–Crippen LogP) is 3.56. The number of rotatable bonds is 8. The predicted molar refractivity (Wildman–Crippen MR) is 57.4 cm³/mol. The molecule has 0 bridgehead atoms. The van der Waals surface area contributed by atoms with Crippen LogP contribution in [0.25, 0.3) is 0 Å². The Morgan fingerprint density at radius 1 is 1.25 bits per heavy atom. The van der Waals surface area contributed by atoms with Gasteiger partial charge in [-0.1, -0.05) is 38.1 Å². The van der Waals surface area contributed by atoms with Crippen LogP contribution in [0.3, 0.4) is 0 Å². The summed E-state index contributed by atoms with van der Waals surface area (Å²) in [6, 6.07) is 0. The maximum absolute atomic E-state index is 9.31. The molecule has 0 aromatic carbocycles. The first-order valence-corrected chi connectivity index (χ1v) is 7.36. The summed E-state index contributed by atoms with van der Waals surface area (Å²) in [6.07, 6.45) is 4.53. The molecule has 2 nitrogen and oxygen atoms in total. The number of unbranched alkanes of at least 4 members (excludes halogenated alkanes) is 2. The topological polar surface area (TPSA) is 29.5 Å². The third-order valence-corrected chi connectivity index (χ3v) is 4.02. The van der Waals surface area contributed by atoms with E-state index in [-0.39, 0.29) is 0 Å². The molecule has 74 valence electrons. The summed E-state index contributed by atoms with van der Waals surface area (Å²) >= 11 is 1.55. The van der Waals surface area contributed by atoms with Crippen LogP contribution < -0.4 is 0 Å². The summed E-state index contributed by atoms with van der Waals surface area (Å²) in [6.45, 7) is 4.98. The van der Waals surface area contributed by atoms with Gasteiger partial charge in [-0.15, -0.1) is 0 Å². The fourth-order valence-electron chi connectivity index (χ4n) is 0.611. The summed E-state index contributed by atoms with van der Waals surface area (Å²) in [5, 5.41) is 0. The van der Waals surface area contributed by atoms with Gasteiger partial charge in [-0.25, -0.2) is 0 Å². The molecule has 0 amide bonds. The van der Waals surface area contributed by atoms with E-state index in [2.05, 4.69) is 13.8 Å². The highest BCUT2D eigenvalue weighted by atomic mass is 32.7. The monoisotopic (exact) mass is 210 g/mol. The molecule has 0 aliphatic heterocycles. The Bertz CT molecular complexity index is 83.1. The second-order valence-corrected chi connectivity index (χ2v) is 5.72. The van der Waals surface area contributed by atoms with Gasteiger partial charge >= 0.3 is 0 Å². The quantitative estimate of drug-likeness (QED) is 0.490. The molecule has 0 radical (unpaired) electrons. The minimum absolute atomic E-state index is 0.706. The zero-order valence-electron chi connectivity index (χ0n) is 7.95. The van der Waals surface area contributed by atoms with E-state index in [1.807, 2.05) is 0 Å². The van der Waals surface area contributed by atoms with Gasteiger partial charge in [-0.2, -0.15) is 0 Å². The van der Waals surface area contributed by atoms with E-state index in [1.54, 1.807) is 11.4 Å². The van der Waals surface area contributed by atoms with Crippen molar-refractivity contribution < 1.29 is 9.42 Å². The van der Waals surface area contributed by atoms with Crippen LogP contribution in [0.2, 0.25) is 0 Å². The van der Waals surface area contributed by atoms with Crippen LogP contribution >= 0.6 is 19.0 Å². The molecule has 0 aliphatic carbocycles. The van der Waals surface area contributed by atoms with E-state index in [0.29, 0.717) is 6.61 Å². The first-order chi connectivity index (χ1) is 5.81. The Labute approximate surface area is 80.7 Å². The molecule has 0 spiro atoms. The van der Waals surface area contributed by atoms with Gasteiger partial charge in [0.15, 0.2) is 0 Å². The maximum Gasteiger partial charge on any atom is 0.235 e. The highest BCUT2D eigenvalue weighted by Gasteiger charge is 2.03. The zero-order valence-corrected chi connectivity index (χ0v) is 9.66. The normalized spacial score (nSPS) is 13.2. The van der Waals surface area contributed by atoms with Gasteiger partial charge in [-0.05, 0) is 12.8 Å². The lowest BCUT2D eigenvalue weighted by Crippen LogP contribution is -1.87. The van der Waals surface area contributed by atoms with Gasteiger partial charge in [0.2, 0.25) is 7.58 Å². The van der Waals surface area contributed by atoms with Crippen LogP contribution in [0.4, 0.5) is 0 Å². The Balaban J connectivity index is 3.04. The average molecular weight is 210 g/mol. The van der Waals surface area contributed by atoms with Crippen LogP contribution in [0, 0.1) is 0 Å². The molecule has 0 fully saturated rings. The summed E-state index contributed by atoms with van der Waals surface area (Å²) in [5.74, 6) is 1.02. The Kier molecular flexibility index (Phi) is 10.4. The summed E-state index contributed by atoms with van der Waals surface area (Å²) in [4.78, 5) is 9.31. The number of hydrogen-bond donors (Lipinski definition) is 1. The highest BCUT2D eigenvalue weighted by Crippen LogP contribution is 2.46. The van der Waals surface area contributed by atoms with E-state index in [1.165, 1.54) is 12.8 Å². The van der Waals surface area contributed by atoms with Gasteiger partial charge in [0.1, 0.15) is 0 Å². The van der Waals surface area contributed by atoms with Crippen LogP contribution in [0.1, 0.15) is 39.5 Å². The number of hydrogen-bond acceptors (Lipinski definition) is 3. The molecule has 0 aromatic heterocycles. The second kappa shape index (κ2) is 9.79. The molecule has 1 unspecified atom stereocenters. The molecule has 12 heavy (non-hydrogen) atoms. The van der Waals surface area contributed by atoms with Crippen molar-refractivity contribution in [2.45, 2.75) is 39.5 Å². The Morgan fingerprint density at radius 3 is 2.50 bits per heavy atom. The van der Waals surface area contributed by atoms with E-state index in [9.17, 15) is 4.89 Å². The largest absolute Gasteiger partial charge is 0.342 e. The Hall–Kier alpha value is 0.700. The first-order valence-electron chi connectivity index (χ1n) is 4.56. The van der Waals surface area contributed by atoms with Gasteiger partial charge in [-0.3, -0.25) is 0 Å². The molecular formula is C8H19O2PS. The molecule has 4 heteroatoms. The molecule has 1 N–H and O–H groups in total. The van der Waals surface area contributed by atoms with Crippen LogP contribution in [-0.2, 0) is 4.52 Å². The average Bonchev–Trinajstić information content (AvgIpc) is 2.06. The van der Waals surface area contributed by atoms with E-state index < -0.39 is 7.58 Å². The zero-order chi connectivity index (χ0) is 9.23. The fraction of sp³-hybridized carbons (Fsp3) is 1.00. The van der Waals surface area contributed by atoms with E-state index >= 15 is 0 Å². The molecular weight excluding hydrogens is 191 g/mol. The van der Waals surface area contributed by atoms with Gasteiger partial charge < -0.3 is 9.42 Å². The minimum Gasteiger partial charge on any atom is -0.342 e. The van der Waals surface area contributed by atoms with E-state index in [4.69, 9.17) is 4.52 Å². The fourth-order valence-corrected chi connectivity index (χ4v) is 2.85. The smallest absolute Gasteiger partial charge is 0.235 e. The summed E-state index contributed by atoms with van der Waals surface area (Å²) in [7, 11) is -1.19. The molecule has 0 saturated carbocycles. The minimum atomic E-state index is -1.19. The molecule has 0 aliphatic rings. The third-order valence-electron chi connectivity index (χ3n) is 1.40. The van der Waals surface area contributed by atoms with Crippen molar-refractivity contribution in [3.63, 3.8) is 0 Å². The first kappa shape index (κ1) is 12.7. The summed E-state index contributed by atoms with van der Waals surface area (Å²) < 4.78 is 5.21. The molecule has 0 heterocycles. The van der Waals surface area contributed by atoms with Gasteiger partial charge in [0.25, 0.3) is 0 Å². The SMILES string of the molecule is CCCCOP(O)SCCCC. The lowest BCUT2D eigenvalue weighted by atomic mass is 10.4. The standard InChI is InChI=1S/C8H19O2PS/c1-3-5-7-10-11(9)12-8-6-4-2/h9H,3-8H2,1-2H3. The van der Waals surface area contributed by atoms with Gasteiger partial charge in [0, 0.05) is 5.75 Å². The highest BCUT2D eigenvalue weighted by molar-refractivity contribution is 8.52. The van der Waals surface area contributed by atoms with Crippen LogP contribution in [0.5, 0.6) is 0 Å². The van der Waals surface area contributed by atoms with Crippen molar-refractivity contribution in [2.24, 2.45) is 0 Å². The molecule has 1 atom stereocenters. The van der Waals surface area contributed by atoms with E-state index in [0.717, 1.165) is 18.6 Å². The van der Waals surface area contributed by atoms with Gasteiger partial charge in [0.05, 0.1) is 6.61 Å². The third kappa shape index (κ3) is 8.79. The maximum atomic E-state index is 9.31.